The highest BCUT2D eigenvalue weighted by Gasteiger charge is 2.32. The number of nitrogens with zero attached hydrogens (tertiary/aromatic N) is 3. The van der Waals surface area contributed by atoms with Gasteiger partial charge in [0.25, 0.3) is 5.91 Å². The molecule has 1 aromatic heterocycles. The third-order valence-electron chi connectivity index (χ3n) is 6.34. The highest BCUT2D eigenvalue weighted by Crippen LogP contribution is 2.28. The van der Waals surface area contributed by atoms with Crippen molar-refractivity contribution in [2.75, 3.05) is 24.5 Å². The van der Waals surface area contributed by atoms with E-state index in [-0.39, 0.29) is 11.9 Å². The van der Waals surface area contributed by atoms with Crippen molar-refractivity contribution in [3.05, 3.63) is 35.9 Å². The molecular weight excluding hydrogens is 378 g/mol. The van der Waals surface area contributed by atoms with Crippen LogP contribution in [0.5, 0.6) is 0 Å². The van der Waals surface area contributed by atoms with Crippen molar-refractivity contribution in [2.45, 2.75) is 64.5 Å². The van der Waals surface area contributed by atoms with Gasteiger partial charge in [-0.2, -0.15) is 0 Å². The van der Waals surface area contributed by atoms with E-state index in [9.17, 15) is 9.59 Å². The number of pyridine rings is 1. The average Bonchev–Trinajstić information content (AvgIpc) is 3.32. The van der Waals surface area contributed by atoms with Crippen molar-refractivity contribution in [3.8, 4) is 0 Å². The number of hydrogen-bond acceptors (Lipinski definition) is 5. The quantitative estimate of drug-likeness (QED) is 0.694. The van der Waals surface area contributed by atoms with Crippen LogP contribution >= 0.6 is 0 Å². The predicted octanol–water partition coefficient (Wildman–Crippen LogP) is 4.17. The summed E-state index contributed by atoms with van der Waals surface area (Å²) in [5, 5.41) is 0.897. The number of hydrogen-bond donors (Lipinski definition) is 0. The van der Waals surface area contributed by atoms with Crippen LogP contribution in [0.3, 0.4) is 0 Å². The molecule has 2 aliphatic heterocycles. The molecule has 2 unspecified atom stereocenters. The van der Waals surface area contributed by atoms with Crippen LogP contribution in [0.1, 0.15) is 62.7 Å². The third-order valence-corrected chi connectivity index (χ3v) is 6.34. The van der Waals surface area contributed by atoms with Crippen LogP contribution in [0.2, 0.25) is 0 Å². The molecule has 30 heavy (non-hydrogen) atoms. The predicted molar refractivity (Wildman–Crippen MR) is 118 cm³/mol. The van der Waals surface area contributed by atoms with Crippen LogP contribution in [0.4, 0.5) is 5.82 Å². The lowest BCUT2D eigenvalue weighted by molar-refractivity contribution is -0.143. The van der Waals surface area contributed by atoms with Gasteiger partial charge in [0.05, 0.1) is 5.52 Å². The standard InChI is InChI=1S/C24H31N3O3/c1-3-19-11-6-7-15-27(19)23(28)17(2)30-24(29)20-16-18-10-4-5-12-21(18)25-22(20)26-13-8-9-14-26/h4-5,10,12,16-17,19H,3,6-9,11,13-15H2,1-2H3. The maximum Gasteiger partial charge on any atom is 0.342 e. The molecule has 6 nitrogen and oxygen atoms in total. The first-order valence-corrected chi connectivity index (χ1v) is 11.2. The van der Waals surface area contributed by atoms with Gasteiger partial charge >= 0.3 is 5.97 Å². The molecular formula is C24H31N3O3. The largest absolute Gasteiger partial charge is 0.449 e. The van der Waals surface area contributed by atoms with E-state index in [1.54, 1.807) is 6.92 Å². The van der Waals surface area contributed by atoms with Gasteiger partial charge in [0, 0.05) is 31.1 Å². The van der Waals surface area contributed by atoms with Crippen molar-refractivity contribution in [3.63, 3.8) is 0 Å². The Hall–Kier alpha value is -2.63. The SMILES string of the molecule is CCC1CCCCN1C(=O)C(C)OC(=O)c1cc2ccccc2nc1N1CCCC1. The molecule has 0 spiro atoms. The lowest BCUT2D eigenvalue weighted by Gasteiger charge is -2.36. The lowest BCUT2D eigenvalue weighted by Crippen LogP contribution is -2.48. The van der Waals surface area contributed by atoms with E-state index in [1.807, 2.05) is 35.2 Å². The highest BCUT2D eigenvalue weighted by molar-refractivity contribution is 6.00. The molecule has 2 saturated heterocycles. The van der Waals surface area contributed by atoms with Gasteiger partial charge in [-0.15, -0.1) is 0 Å². The molecule has 1 amide bonds. The van der Waals surface area contributed by atoms with E-state index in [1.165, 1.54) is 0 Å². The topological polar surface area (TPSA) is 62.7 Å². The molecule has 2 fully saturated rings. The molecule has 0 saturated carbocycles. The molecule has 0 bridgehead atoms. The van der Waals surface area contributed by atoms with E-state index in [2.05, 4.69) is 11.8 Å². The van der Waals surface area contributed by atoms with Gasteiger partial charge in [0.15, 0.2) is 6.10 Å². The number of carbonyl (C=O) groups is 2. The normalized spacial score (nSPS) is 20.4. The first-order valence-electron chi connectivity index (χ1n) is 11.2. The molecule has 2 aliphatic rings. The summed E-state index contributed by atoms with van der Waals surface area (Å²) in [6, 6.07) is 9.88. The van der Waals surface area contributed by atoms with E-state index in [0.717, 1.165) is 69.1 Å². The first kappa shape index (κ1) is 20.6. The average molecular weight is 410 g/mol. The number of ether oxygens (including phenoxy) is 1. The molecule has 2 aromatic rings. The van der Waals surface area contributed by atoms with Crippen LogP contribution in [-0.2, 0) is 9.53 Å². The van der Waals surface area contributed by atoms with Gasteiger partial charge in [0.1, 0.15) is 11.4 Å². The number of para-hydroxylation sites is 1. The van der Waals surface area contributed by atoms with Crippen molar-refractivity contribution < 1.29 is 14.3 Å². The number of likely N-dealkylation sites (tertiary alicyclic amines) is 1. The number of fused-ring (bicyclic) bond motifs is 1. The summed E-state index contributed by atoms with van der Waals surface area (Å²) in [7, 11) is 0. The van der Waals surface area contributed by atoms with Gasteiger partial charge in [-0.3, -0.25) is 4.79 Å². The van der Waals surface area contributed by atoms with E-state index in [0.29, 0.717) is 11.4 Å². The molecule has 3 heterocycles. The lowest BCUT2D eigenvalue weighted by atomic mass is 9.99. The van der Waals surface area contributed by atoms with Crippen molar-refractivity contribution >= 4 is 28.6 Å². The second-order valence-corrected chi connectivity index (χ2v) is 8.38. The summed E-state index contributed by atoms with van der Waals surface area (Å²) in [5.41, 5.74) is 1.31. The minimum atomic E-state index is -0.803. The molecule has 2 atom stereocenters. The Morgan fingerprint density at radius 2 is 1.87 bits per heavy atom. The van der Waals surface area contributed by atoms with Crippen LogP contribution in [0.25, 0.3) is 10.9 Å². The number of piperidine rings is 1. The van der Waals surface area contributed by atoms with Gasteiger partial charge in [0.2, 0.25) is 0 Å². The summed E-state index contributed by atoms with van der Waals surface area (Å²) in [4.78, 5) is 35.0. The first-order chi connectivity index (χ1) is 14.6. The molecule has 1 aromatic carbocycles. The van der Waals surface area contributed by atoms with Crippen LogP contribution in [-0.4, -0.2) is 53.5 Å². The number of rotatable bonds is 5. The zero-order chi connectivity index (χ0) is 21.1. The highest BCUT2D eigenvalue weighted by atomic mass is 16.5. The Labute approximate surface area is 178 Å². The number of anilines is 1. The monoisotopic (exact) mass is 409 g/mol. The number of amides is 1. The summed E-state index contributed by atoms with van der Waals surface area (Å²) in [5.74, 6) is 0.104. The van der Waals surface area contributed by atoms with E-state index >= 15 is 0 Å². The smallest absolute Gasteiger partial charge is 0.342 e. The number of benzene rings is 1. The van der Waals surface area contributed by atoms with Crippen LogP contribution < -0.4 is 4.90 Å². The molecule has 4 rings (SSSR count). The third kappa shape index (κ3) is 4.13. The zero-order valence-corrected chi connectivity index (χ0v) is 18.0. The minimum Gasteiger partial charge on any atom is -0.449 e. The molecule has 0 aliphatic carbocycles. The molecule has 0 radical (unpaired) electrons. The summed E-state index contributed by atoms with van der Waals surface area (Å²) in [6.45, 7) is 6.30. The van der Waals surface area contributed by atoms with Crippen molar-refractivity contribution in [1.82, 2.24) is 9.88 Å². The summed E-state index contributed by atoms with van der Waals surface area (Å²) in [6.07, 6.45) is 5.49. The second kappa shape index (κ2) is 9.02. The minimum absolute atomic E-state index is 0.0913. The number of aromatic nitrogens is 1. The Bertz CT molecular complexity index is 923. The number of esters is 1. The fourth-order valence-corrected chi connectivity index (χ4v) is 4.65. The van der Waals surface area contributed by atoms with E-state index < -0.39 is 12.1 Å². The summed E-state index contributed by atoms with van der Waals surface area (Å²) >= 11 is 0. The van der Waals surface area contributed by atoms with Gasteiger partial charge in [-0.1, -0.05) is 25.1 Å². The summed E-state index contributed by atoms with van der Waals surface area (Å²) < 4.78 is 5.70. The zero-order valence-electron chi connectivity index (χ0n) is 18.0. The van der Waals surface area contributed by atoms with Gasteiger partial charge in [-0.05, 0) is 57.6 Å². The molecule has 0 N–H and O–H groups in total. The Kier molecular flexibility index (Phi) is 6.21. The Morgan fingerprint density at radius 1 is 1.13 bits per heavy atom. The van der Waals surface area contributed by atoms with Crippen molar-refractivity contribution in [2.24, 2.45) is 0 Å². The van der Waals surface area contributed by atoms with Crippen LogP contribution in [0.15, 0.2) is 30.3 Å². The maximum absolute atomic E-state index is 13.2. The van der Waals surface area contributed by atoms with Gasteiger partial charge < -0.3 is 14.5 Å². The molecule has 6 heteroatoms. The Morgan fingerprint density at radius 3 is 2.63 bits per heavy atom. The maximum atomic E-state index is 13.2. The molecule has 160 valence electrons. The number of carbonyl (C=O) groups excluding carboxylic acids is 2. The van der Waals surface area contributed by atoms with Crippen LogP contribution in [0, 0.1) is 0 Å². The second-order valence-electron chi connectivity index (χ2n) is 8.38. The van der Waals surface area contributed by atoms with Gasteiger partial charge in [-0.25, -0.2) is 9.78 Å². The van der Waals surface area contributed by atoms with Crippen molar-refractivity contribution in [1.29, 1.82) is 0 Å². The van der Waals surface area contributed by atoms with E-state index in [4.69, 9.17) is 9.72 Å². The fraction of sp³-hybridized carbons (Fsp3) is 0.542. The Balaban J connectivity index is 1.57. The fourth-order valence-electron chi connectivity index (χ4n) is 4.65.